The van der Waals surface area contributed by atoms with Crippen LogP contribution in [0.15, 0.2) is 0 Å². The van der Waals surface area contributed by atoms with Gasteiger partial charge in [-0.3, -0.25) is 0 Å². The van der Waals surface area contributed by atoms with Gasteiger partial charge in [0, 0.05) is 11.1 Å². The molecule has 1 heterocycles. The molecule has 0 aromatic heterocycles. The quantitative estimate of drug-likeness (QED) is 0.583. The number of hydrogen-bond donors (Lipinski definition) is 1. The van der Waals surface area contributed by atoms with Crippen molar-refractivity contribution >= 4 is 0 Å². The van der Waals surface area contributed by atoms with Crippen molar-refractivity contribution < 1.29 is 5.21 Å². The first-order valence-electron chi connectivity index (χ1n) is 4.35. The minimum absolute atomic E-state index is 0.0399. The molecule has 1 fully saturated rings. The van der Waals surface area contributed by atoms with Gasteiger partial charge >= 0.3 is 0 Å². The predicted molar refractivity (Wildman–Crippen MR) is 45.6 cm³/mol. The highest BCUT2D eigenvalue weighted by atomic mass is 16.5. The molecule has 0 aromatic carbocycles. The maximum atomic E-state index is 9.80. The Bertz CT molecular complexity index is 136. The van der Waals surface area contributed by atoms with E-state index in [2.05, 4.69) is 27.7 Å². The normalized spacial score (nSPS) is 30.3. The highest BCUT2D eigenvalue weighted by Crippen LogP contribution is 2.35. The fraction of sp³-hybridized carbons (Fsp3) is 1.00. The second kappa shape index (κ2) is 2.46. The van der Waals surface area contributed by atoms with Crippen LogP contribution in [0.4, 0.5) is 0 Å². The van der Waals surface area contributed by atoms with E-state index in [1.807, 2.05) is 0 Å². The van der Waals surface area contributed by atoms with Crippen LogP contribution in [-0.4, -0.2) is 21.3 Å². The summed E-state index contributed by atoms with van der Waals surface area (Å²) in [6.45, 7) is 8.36. The topological polar surface area (TPSA) is 23.5 Å². The Morgan fingerprint density at radius 3 is 1.64 bits per heavy atom. The van der Waals surface area contributed by atoms with Crippen molar-refractivity contribution in [2.45, 2.75) is 58.0 Å². The smallest absolute Gasteiger partial charge is 0.0410 e. The van der Waals surface area contributed by atoms with Crippen molar-refractivity contribution in [3.05, 3.63) is 0 Å². The van der Waals surface area contributed by atoms with Gasteiger partial charge in [-0.25, -0.2) is 0 Å². The van der Waals surface area contributed by atoms with Crippen LogP contribution in [0.25, 0.3) is 0 Å². The van der Waals surface area contributed by atoms with Crippen molar-refractivity contribution in [1.29, 1.82) is 0 Å². The SMILES string of the molecule is CC1(C)CCCC(C)(C)N1O. The van der Waals surface area contributed by atoms with Gasteiger partial charge in [-0.1, -0.05) is 0 Å². The Labute approximate surface area is 69.2 Å². The zero-order chi connectivity index (χ0) is 8.70. The number of hydrogen-bond acceptors (Lipinski definition) is 2. The molecule has 1 rings (SSSR count). The Balaban J connectivity index is 2.76. The predicted octanol–water partition coefficient (Wildman–Crippen LogP) is 2.42. The van der Waals surface area contributed by atoms with Gasteiger partial charge in [0.1, 0.15) is 0 Å². The lowest BCUT2D eigenvalue weighted by molar-refractivity contribution is -0.241. The third-order valence-corrected chi connectivity index (χ3v) is 2.72. The molecule has 11 heavy (non-hydrogen) atoms. The van der Waals surface area contributed by atoms with E-state index in [-0.39, 0.29) is 11.1 Å². The fourth-order valence-corrected chi connectivity index (χ4v) is 1.98. The van der Waals surface area contributed by atoms with Gasteiger partial charge in [-0.15, -0.1) is 0 Å². The van der Waals surface area contributed by atoms with E-state index in [4.69, 9.17) is 0 Å². The summed E-state index contributed by atoms with van der Waals surface area (Å²) in [6.07, 6.45) is 3.40. The van der Waals surface area contributed by atoms with Crippen molar-refractivity contribution in [1.82, 2.24) is 5.06 Å². The second-order valence-corrected chi connectivity index (χ2v) is 4.79. The Morgan fingerprint density at radius 2 is 1.36 bits per heavy atom. The summed E-state index contributed by atoms with van der Waals surface area (Å²) in [7, 11) is 0. The lowest BCUT2D eigenvalue weighted by atomic mass is 9.82. The highest BCUT2D eigenvalue weighted by Gasteiger charge is 2.40. The summed E-state index contributed by atoms with van der Waals surface area (Å²) in [4.78, 5) is 0. The van der Waals surface area contributed by atoms with Crippen LogP contribution < -0.4 is 0 Å². The maximum Gasteiger partial charge on any atom is 0.0410 e. The molecular weight excluding hydrogens is 138 g/mol. The molecule has 1 N–H and O–H groups in total. The first kappa shape index (κ1) is 9.01. The van der Waals surface area contributed by atoms with Gasteiger partial charge in [0.15, 0.2) is 0 Å². The first-order chi connectivity index (χ1) is 4.86. The Morgan fingerprint density at radius 1 is 1.00 bits per heavy atom. The minimum Gasteiger partial charge on any atom is -0.313 e. The summed E-state index contributed by atoms with van der Waals surface area (Å²) in [5, 5.41) is 11.3. The molecule has 66 valence electrons. The third kappa shape index (κ3) is 1.57. The van der Waals surface area contributed by atoms with E-state index in [0.717, 1.165) is 12.8 Å². The van der Waals surface area contributed by atoms with Crippen LogP contribution in [0.3, 0.4) is 0 Å². The molecule has 1 aliphatic rings. The molecular formula is C9H19NO. The zero-order valence-corrected chi connectivity index (χ0v) is 8.02. The van der Waals surface area contributed by atoms with Crippen LogP contribution in [-0.2, 0) is 0 Å². The summed E-state index contributed by atoms with van der Waals surface area (Å²) >= 11 is 0. The standard InChI is InChI=1S/C9H19NO/c1-8(2)6-5-7-9(3,4)10(8)11/h11H,5-7H2,1-4H3. The molecule has 0 atom stereocenters. The van der Waals surface area contributed by atoms with E-state index in [1.54, 1.807) is 0 Å². The van der Waals surface area contributed by atoms with Gasteiger partial charge in [0.2, 0.25) is 0 Å². The monoisotopic (exact) mass is 157 g/mol. The molecule has 0 spiro atoms. The lowest BCUT2D eigenvalue weighted by Gasteiger charge is -2.48. The second-order valence-electron chi connectivity index (χ2n) is 4.79. The molecule has 0 bridgehead atoms. The van der Waals surface area contributed by atoms with Gasteiger partial charge in [-0.2, -0.15) is 5.06 Å². The molecule has 0 aromatic rings. The van der Waals surface area contributed by atoms with Crippen LogP contribution in [0, 0.1) is 0 Å². The lowest BCUT2D eigenvalue weighted by Crippen LogP contribution is -2.56. The average Bonchev–Trinajstić information content (AvgIpc) is 1.82. The zero-order valence-electron chi connectivity index (χ0n) is 8.02. The number of nitrogens with zero attached hydrogens (tertiary/aromatic N) is 1. The van der Waals surface area contributed by atoms with E-state index >= 15 is 0 Å². The minimum atomic E-state index is -0.0399. The molecule has 0 unspecified atom stereocenters. The molecule has 0 radical (unpaired) electrons. The third-order valence-electron chi connectivity index (χ3n) is 2.72. The largest absolute Gasteiger partial charge is 0.313 e. The summed E-state index contributed by atoms with van der Waals surface area (Å²) in [5.41, 5.74) is -0.0799. The molecule has 1 aliphatic heterocycles. The molecule has 0 aliphatic carbocycles. The van der Waals surface area contributed by atoms with Crippen molar-refractivity contribution in [2.75, 3.05) is 0 Å². The van der Waals surface area contributed by atoms with Gasteiger partial charge in [-0.05, 0) is 47.0 Å². The van der Waals surface area contributed by atoms with Crippen LogP contribution in [0.5, 0.6) is 0 Å². The molecule has 0 saturated carbocycles. The maximum absolute atomic E-state index is 9.80. The van der Waals surface area contributed by atoms with Gasteiger partial charge in [0.25, 0.3) is 0 Å². The Hall–Kier alpha value is -0.0800. The van der Waals surface area contributed by atoms with E-state index < -0.39 is 0 Å². The van der Waals surface area contributed by atoms with Crippen molar-refractivity contribution in [3.63, 3.8) is 0 Å². The molecule has 2 nitrogen and oxygen atoms in total. The van der Waals surface area contributed by atoms with Gasteiger partial charge in [0.05, 0.1) is 0 Å². The number of rotatable bonds is 0. The summed E-state index contributed by atoms with van der Waals surface area (Å²) < 4.78 is 0. The number of piperidine rings is 1. The fourth-order valence-electron chi connectivity index (χ4n) is 1.98. The van der Waals surface area contributed by atoms with Crippen LogP contribution >= 0.6 is 0 Å². The van der Waals surface area contributed by atoms with E-state index in [1.165, 1.54) is 11.5 Å². The Kier molecular flexibility index (Phi) is 2.01. The van der Waals surface area contributed by atoms with E-state index in [0.29, 0.717) is 0 Å². The molecule has 2 heteroatoms. The summed E-state index contributed by atoms with van der Waals surface area (Å²) in [5.74, 6) is 0. The molecule has 1 saturated heterocycles. The van der Waals surface area contributed by atoms with E-state index in [9.17, 15) is 5.21 Å². The first-order valence-corrected chi connectivity index (χ1v) is 4.35. The van der Waals surface area contributed by atoms with Crippen LogP contribution in [0.2, 0.25) is 0 Å². The average molecular weight is 157 g/mol. The summed E-state index contributed by atoms with van der Waals surface area (Å²) in [6, 6.07) is 0. The van der Waals surface area contributed by atoms with Crippen molar-refractivity contribution in [3.8, 4) is 0 Å². The molecule has 0 amide bonds. The number of hydroxylamine groups is 2. The highest BCUT2D eigenvalue weighted by molar-refractivity contribution is 4.91. The van der Waals surface area contributed by atoms with Gasteiger partial charge < -0.3 is 5.21 Å². The van der Waals surface area contributed by atoms with Crippen molar-refractivity contribution in [2.24, 2.45) is 0 Å². The van der Waals surface area contributed by atoms with Crippen LogP contribution in [0.1, 0.15) is 47.0 Å².